The molecule has 2 aromatic rings. The molecule has 0 saturated carbocycles. The first-order valence-electron chi connectivity index (χ1n) is 5.45. The lowest BCUT2D eigenvalue weighted by molar-refractivity contribution is 0.0973. The molecule has 0 heterocycles. The lowest BCUT2D eigenvalue weighted by Crippen LogP contribution is -2.21. The lowest BCUT2D eigenvalue weighted by atomic mass is 9.83. The van der Waals surface area contributed by atoms with Crippen LogP contribution in [0.2, 0.25) is 0 Å². The predicted molar refractivity (Wildman–Crippen MR) is 63.0 cm³/mol. The first-order valence-corrected chi connectivity index (χ1v) is 5.45. The second-order valence-electron chi connectivity index (χ2n) is 4.18. The van der Waals surface area contributed by atoms with Gasteiger partial charge in [0, 0.05) is 17.2 Å². The second kappa shape index (κ2) is 3.65. The van der Waals surface area contributed by atoms with E-state index in [4.69, 9.17) is 0 Å². The zero-order chi connectivity index (χ0) is 13.7. The summed E-state index contributed by atoms with van der Waals surface area (Å²) in [6.45, 7) is 0. The van der Waals surface area contributed by atoms with Crippen LogP contribution < -0.4 is 0 Å². The highest BCUT2D eigenvalue weighted by Crippen LogP contribution is 2.38. The van der Waals surface area contributed by atoms with Crippen LogP contribution in [0.15, 0.2) is 30.3 Å². The molecule has 3 rings (SSSR count). The van der Waals surface area contributed by atoms with Crippen molar-refractivity contribution in [3.63, 3.8) is 0 Å². The average Bonchev–Trinajstić information content (AvgIpc) is 2.40. The number of carbonyl (C=O) groups is 2. The van der Waals surface area contributed by atoms with Crippen LogP contribution in [-0.2, 0) is 0 Å². The molecule has 1 aliphatic rings. The Labute approximate surface area is 106 Å². The SMILES string of the molecule is O=C1c2ccccc2C(=O)c2c(O)c(F)cc(O)c21. The number of rotatable bonds is 0. The van der Waals surface area contributed by atoms with Gasteiger partial charge in [-0.1, -0.05) is 24.3 Å². The van der Waals surface area contributed by atoms with Gasteiger partial charge in [-0.15, -0.1) is 0 Å². The molecule has 2 aromatic carbocycles. The zero-order valence-corrected chi connectivity index (χ0v) is 9.48. The highest BCUT2D eigenvalue weighted by atomic mass is 19.1. The summed E-state index contributed by atoms with van der Waals surface area (Å²) in [5, 5.41) is 19.3. The van der Waals surface area contributed by atoms with Crippen molar-refractivity contribution in [1.82, 2.24) is 0 Å². The van der Waals surface area contributed by atoms with Crippen molar-refractivity contribution in [3.8, 4) is 11.5 Å². The Hall–Kier alpha value is -2.69. The lowest BCUT2D eigenvalue weighted by Gasteiger charge is -2.19. The Morgan fingerprint density at radius 1 is 0.895 bits per heavy atom. The van der Waals surface area contributed by atoms with Crippen LogP contribution in [0.3, 0.4) is 0 Å². The molecule has 1 aliphatic carbocycles. The van der Waals surface area contributed by atoms with E-state index in [9.17, 15) is 24.2 Å². The molecule has 4 nitrogen and oxygen atoms in total. The van der Waals surface area contributed by atoms with E-state index in [0.29, 0.717) is 6.07 Å². The van der Waals surface area contributed by atoms with Crippen LogP contribution in [-0.4, -0.2) is 21.8 Å². The molecule has 0 aliphatic heterocycles. The fourth-order valence-corrected chi connectivity index (χ4v) is 2.23. The first-order chi connectivity index (χ1) is 9.02. The van der Waals surface area contributed by atoms with Crippen molar-refractivity contribution in [3.05, 3.63) is 58.4 Å². The molecule has 19 heavy (non-hydrogen) atoms. The Balaban J connectivity index is 2.43. The van der Waals surface area contributed by atoms with E-state index in [1.807, 2.05) is 0 Å². The minimum Gasteiger partial charge on any atom is -0.507 e. The number of aromatic hydroxyl groups is 2. The minimum atomic E-state index is -1.14. The van der Waals surface area contributed by atoms with Crippen LogP contribution in [0, 0.1) is 5.82 Å². The van der Waals surface area contributed by atoms with Crippen LogP contribution >= 0.6 is 0 Å². The quantitative estimate of drug-likeness (QED) is 0.605. The van der Waals surface area contributed by atoms with Crippen LogP contribution in [0.1, 0.15) is 31.8 Å². The fraction of sp³-hybridized carbons (Fsp3) is 0. The van der Waals surface area contributed by atoms with Gasteiger partial charge in [0.15, 0.2) is 23.1 Å². The molecule has 5 heteroatoms. The molecule has 0 atom stereocenters. The second-order valence-corrected chi connectivity index (χ2v) is 4.18. The predicted octanol–water partition coefficient (Wildman–Crippen LogP) is 2.01. The van der Waals surface area contributed by atoms with Crippen molar-refractivity contribution < 1.29 is 24.2 Å². The Bertz CT molecular complexity index is 749. The third kappa shape index (κ3) is 1.38. The number of phenols is 2. The Morgan fingerprint density at radius 3 is 2.00 bits per heavy atom. The Morgan fingerprint density at radius 2 is 1.42 bits per heavy atom. The largest absolute Gasteiger partial charge is 0.507 e. The summed E-state index contributed by atoms with van der Waals surface area (Å²) in [7, 11) is 0. The molecule has 0 saturated heterocycles. The highest BCUT2D eigenvalue weighted by molar-refractivity contribution is 6.30. The van der Waals surface area contributed by atoms with Gasteiger partial charge in [0.25, 0.3) is 0 Å². The van der Waals surface area contributed by atoms with Crippen molar-refractivity contribution >= 4 is 11.6 Å². The summed E-state index contributed by atoms with van der Waals surface area (Å²) in [5.74, 6) is -4.01. The summed E-state index contributed by atoms with van der Waals surface area (Å²) >= 11 is 0. The van der Waals surface area contributed by atoms with Gasteiger partial charge in [-0.3, -0.25) is 9.59 Å². The molecule has 0 radical (unpaired) electrons. The van der Waals surface area contributed by atoms with Gasteiger partial charge in [-0.2, -0.15) is 0 Å². The molecule has 94 valence electrons. The standard InChI is InChI=1S/C14H7FO4/c15-8-5-9(16)10-11(14(8)19)13(18)7-4-2-1-3-6(7)12(10)17/h1-5,16,19H. The number of halogens is 1. The topological polar surface area (TPSA) is 74.6 Å². The minimum absolute atomic E-state index is 0.0836. The van der Waals surface area contributed by atoms with Crippen LogP contribution in [0.4, 0.5) is 4.39 Å². The van der Waals surface area contributed by atoms with E-state index in [2.05, 4.69) is 0 Å². The number of benzene rings is 2. The van der Waals surface area contributed by atoms with Gasteiger partial charge >= 0.3 is 0 Å². The molecular weight excluding hydrogens is 251 g/mol. The summed E-state index contributed by atoms with van der Waals surface area (Å²) in [6, 6.07) is 6.62. The van der Waals surface area contributed by atoms with E-state index in [1.165, 1.54) is 12.1 Å². The molecule has 2 N–H and O–H groups in total. The maximum Gasteiger partial charge on any atom is 0.198 e. The van der Waals surface area contributed by atoms with Crippen LogP contribution in [0.5, 0.6) is 11.5 Å². The molecule has 0 fully saturated rings. The fourth-order valence-electron chi connectivity index (χ4n) is 2.23. The monoisotopic (exact) mass is 258 g/mol. The molecule has 0 aromatic heterocycles. The smallest absolute Gasteiger partial charge is 0.198 e. The summed E-state index contributed by atoms with van der Waals surface area (Å²) in [5.41, 5.74) is -0.634. The van der Waals surface area contributed by atoms with E-state index >= 15 is 0 Å². The normalized spacial score (nSPS) is 13.1. The van der Waals surface area contributed by atoms with E-state index in [-0.39, 0.29) is 16.7 Å². The van der Waals surface area contributed by atoms with Crippen molar-refractivity contribution in [1.29, 1.82) is 0 Å². The Kier molecular flexibility index (Phi) is 2.19. The van der Waals surface area contributed by atoms with E-state index < -0.39 is 34.4 Å². The first kappa shape index (κ1) is 11.4. The van der Waals surface area contributed by atoms with Gasteiger partial charge < -0.3 is 10.2 Å². The van der Waals surface area contributed by atoms with Crippen LogP contribution in [0.25, 0.3) is 0 Å². The van der Waals surface area contributed by atoms with Gasteiger partial charge in [0.1, 0.15) is 5.75 Å². The van der Waals surface area contributed by atoms with Crippen molar-refractivity contribution in [2.45, 2.75) is 0 Å². The molecule has 0 spiro atoms. The maximum atomic E-state index is 13.4. The molecule has 0 amide bonds. The summed E-state index contributed by atoms with van der Waals surface area (Å²) in [6.07, 6.45) is 0. The van der Waals surface area contributed by atoms with Gasteiger partial charge in [-0.05, 0) is 0 Å². The highest BCUT2D eigenvalue weighted by Gasteiger charge is 2.35. The molecule has 0 bridgehead atoms. The van der Waals surface area contributed by atoms with Gasteiger partial charge in [0.2, 0.25) is 0 Å². The number of phenolic OH excluding ortho intramolecular Hbond substituents is 2. The number of fused-ring (bicyclic) bond motifs is 2. The van der Waals surface area contributed by atoms with Crippen molar-refractivity contribution in [2.75, 3.05) is 0 Å². The van der Waals surface area contributed by atoms with E-state index in [1.54, 1.807) is 12.1 Å². The zero-order valence-electron chi connectivity index (χ0n) is 9.48. The van der Waals surface area contributed by atoms with Gasteiger partial charge in [0.05, 0.1) is 11.1 Å². The number of ketones is 2. The summed E-state index contributed by atoms with van der Waals surface area (Å²) < 4.78 is 13.4. The molecule has 0 unspecified atom stereocenters. The summed E-state index contributed by atoms with van der Waals surface area (Å²) in [4.78, 5) is 24.4. The number of hydrogen-bond donors (Lipinski definition) is 2. The third-order valence-electron chi connectivity index (χ3n) is 3.10. The number of hydrogen-bond acceptors (Lipinski definition) is 4. The van der Waals surface area contributed by atoms with Gasteiger partial charge in [-0.25, -0.2) is 4.39 Å². The maximum absolute atomic E-state index is 13.4. The average molecular weight is 258 g/mol. The third-order valence-corrected chi connectivity index (χ3v) is 3.10. The van der Waals surface area contributed by atoms with E-state index in [0.717, 1.165) is 0 Å². The molecular formula is C14H7FO4. The van der Waals surface area contributed by atoms with Crippen molar-refractivity contribution in [2.24, 2.45) is 0 Å². The number of carbonyl (C=O) groups excluding carboxylic acids is 2.